The first kappa shape index (κ1) is 24.2. The number of hydrogen-bond donors (Lipinski definition) is 2. The fourth-order valence-electron chi connectivity index (χ4n) is 2.53. The van der Waals surface area contributed by atoms with Crippen molar-refractivity contribution in [3.05, 3.63) is 29.3 Å². The quantitative estimate of drug-likeness (QED) is 0.258. The maximum absolute atomic E-state index is 11.6. The van der Waals surface area contributed by atoms with E-state index >= 15 is 0 Å². The molecule has 0 aliphatic rings. The van der Waals surface area contributed by atoms with E-state index in [1.165, 1.54) is 19.1 Å². The second-order valence-electron chi connectivity index (χ2n) is 6.61. The van der Waals surface area contributed by atoms with Gasteiger partial charge in [0.1, 0.15) is 0 Å². The van der Waals surface area contributed by atoms with Crippen LogP contribution in [0.5, 0.6) is 0 Å². The van der Waals surface area contributed by atoms with E-state index in [1.54, 1.807) is 13.1 Å². The molecule has 0 unspecified atom stereocenters. The number of nitrogens with zero attached hydrogens (tertiary/aromatic N) is 1. The summed E-state index contributed by atoms with van der Waals surface area (Å²) in [6.07, 6.45) is 4.83. The van der Waals surface area contributed by atoms with Gasteiger partial charge in [0, 0.05) is 26.4 Å². The van der Waals surface area contributed by atoms with Gasteiger partial charge in [0.2, 0.25) is 0 Å². The number of halogens is 1. The summed E-state index contributed by atoms with van der Waals surface area (Å²) >= 11 is 0. The Morgan fingerprint density at radius 2 is 1.88 bits per heavy atom. The van der Waals surface area contributed by atoms with Crippen LogP contribution in [0, 0.1) is 12.8 Å². The minimum absolute atomic E-state index is 0. The predicted octanol–water partition coefficient (Wildman–Crippen LogP) is 3.51. The number of benzene rings is 1. The van der Waals surface area contributed by atoms with Crippen molar-refractivity contribution in [3.8, 4) is 0 Å². The van der Waals surface area contributed by atoms with Gasteiger partial charge in [0.05, 0.1) is 4.90 Å². The van der Waals surface area contributed by atoms with Crippen LogP contribution in [-0.4, -0.2) is 34.2 Å². The van der Waals surface area contributed by atoms with E-state index in [-0.39, 0.29) is 24.0 Å². The Hall–Kier alpha value is -0.830. The summed E-state index contributed by atoms with van der Waals surface area (Å²) in [6, 6.07) is 5.41. The maximum atomic E-state index is 11.6. The van der Waals surface area contributed by atoms with E-state index < -0.39 is 9.84 Å². The van der Waals surface area contributed by atoms with E-state index in [9.17, 15) is 8.42 Å². The molecule has 2 N–H and O–H groups in total. The zero-order chi connectivity index (χ0) is 18.2. The van der Waals surface area contributed by atoms with Crippen molar-refractivity contribution < 1.29 is 8.42 Å². The standard InChI is InChI=1S/C18H31N3O2S.HI/c1-14(2)8-6-7-11-20-18(19-4)21-13-16-9-10-17(15(3)12-16)24(5,22)23;/h9-10,12,14H,6-8,11,13H2,1-5H3,(H2,19,20,21);1H. The van der Waals surface area contributed by atoms with Crippen LogP contribution in [0.25, 0.3) is 0 Å². The summed E-state index contributed by atoms with van der Waals surface area (Å²) in [6.45, 7) is 7.81. The van der Waals surface area contributed by atoms with E-state index in [2.05, 4.69) is 29.5 Å². The molecule has 0 saturated heterocycles. The molecular weight excluding hydrogens is 449 g/mol. The Morgan fingerprint density at radius 3 is 2.40 bits per heavy atom. The summed E-state index contributed by atoms with van der Waals surface area (Å²) in [7, 11) is -1.41. The highest BCUT2D eigenvalue weighted by Crippen LogP contribution is 2.16. The highest BCUT2D eigenvalue weighted by molar-refractivity contribution is 14.0. The smallest absolute Gasteiger partial charge is 0.191 e. The molecule has 25 heavy (non-hydrogen) atoms. The molecule has 0 heterocycles. The molecule has 0 saturated carbocycles. The second-order valence-corrected chi connectivity index (χ2v) is 8.60. The van der Waals surface area contributed by atoms with Crippen molar-refractivity contribution in [3.63, 3.8) is 0 Å². The molecule has 144 valence electrons. The maximum Gasteiger partial charge on any atom is 0.191 e. The lowest BCUT2D eigenvalue weighted by molar-refractivity contribution is 0.534. The first-order valence-corrected chi connectivity index (χ1v) is 10.4. The van der Waals surface area contributed by atoms with Crippen LogP contribution in [0.15, 0.2) is 28.1 Å². The summed E-state index contributed by atoms with van der Waals surface area (Å²) in [4.78, 5) is 4.60. The van der Waals surface area contributed by atoms with Gasteiger partial charge >= 0.3 is 0 Å². The molecule has 1 aromatic rings. The van der Waals surface area contributed by atoms with Gasteiger partial charge in [0.25, 0.3) is 0 Å². The fraction of sp³-hybridized carbons (Fsp3) is 0.611. The first-order chi connectivity index (χ1) is 11.2. The third-order valence-corrected chi connectivity index (χ3v) is 5.08. The molecule has 0 amide bonds. The molecule has 0 spiro atoms. The predicted molar refractivity (Wildman–Crippen MR) is 117 cm³/mol. The largest absolute Gasteiger partial charge is 0.356 e. The van der Waals surface area contributed by atoms with Crippen LogP contribution in [0.2, 0.25) is 0 Å². The van der Waals surface area contributed by atoms with Crippen molar-refractivity contribution in [1.82, 2.24) is 10.6 Å². The second kappa shape index (κ2) is 11.7. The number of nitrogens with one attached hydrogen (secondary N) is 2. The number of guanidine groups is 1. The van der Waals surface area contributed by atoms with Crippen LogP contribution in [0.3, 0.4) is 0 Å². The number of unbranched alkanes of at least 4 members (excludes halogenated alkanes) is 1. The number of rotatable bonds is 8. The van der Waals surface area contributed by atoms with Gasteiger partial charge in [-0.05, 0) is 36.5 Å². The highest BCUT2D eigenvalue weighted by atomic mass is 127. The van der Waals surface area contributed by atoms with Crippen molar-refractivity contribution in [2.45, 2.75) is 51.5 Å². The van der Waals surface area contributed by atoms with Crippen molar-refractivity contribution in [1.29, 1.82) is 0 Å². The minimum atomic E-state index is -3.17. The number of aryl methyl sites for hydroxylation is 1. The Morgan fingerprint density at radius 1 is 1.20 bits per heavy atom. The zero-order valence-electron chi connectivity index (χ0n) is 15.9. The van der Waals surface area contributed by atoms with E-state index in [1.807, 2.05) is 19.1 Å². The van der Waals surface area contributed by atoms with Crippen molar-refractivity contribution >= 4 is 39.8 Å². The van der Waals surface area contributed by atoms with Gasteiger partial charge in [-0.25, -0.2) is 8.42 Å². The van der Waals surface area contributed by atoms with Gasteiger partial charge in [0.15, 0.2) is 15.8 Å². The monoisotopic (exact) mass is 481 g/mol. The molecule has 7 heteroatoms. The third kappa shape index (κ3) is 9.44. The third-order valence-electron chi connectivity index (χ3n) is 3.82. The van der Waals surface area contributed by atoms with E-state index in [4.69, 9.17) is 0 Å². The number of hydrogen-bond acceptors (Lipinski definition) is 3. The van der Waals surface area contributed by atoms with Gasteiger partial charge in [-0.2, -0.15) is 0 Å². The lowest BCUT2D eigenvalue weighted by Crippen LogP contribution is -2.37. The van der Waals surface area contributed by atoms with E-state index in [0.717, 1.165) is 36.0 Å². The molecule has 0 aromatic heterocycles. The lowest BCUT2D eigenvalue weighted by Gasteiger charge is -2.13. The summed E-state index contributed by atoms with van der Waals surface area (Å²) in [5.74, 6) is 1.52. The Kier molecular flexibility index (Phi) is 11.3. The molecule has 1 aromatic carbocycles. The molecule has 0 radical (unpaired) electrons. The molecule has 0 aliphatic carbocycles. The average Bonchev–Trinajstić information content (AvgIpc) is 2.48. The topological polar surface area (TPSA) is 70.6 Å². The van der Waals surface area contributed by atoms with Gasteiger partial charge in [-0.1, -0.05) is 38.8 Å². The van der Waals surface area contributed by atoms with Crippen LogP contribution in [0.1, 0.15) is 44.2 Å². The van der Waals surface area contributed by atoms with Crippen LogP contribution >= 0.6 is 24.0 Å². The van der Waals surface area contributed by atoms with Crippen LogP contribution < -0.4 is 10.6 Å². The summed E-state index contributed by atoms with van der Waals surface area (Å²) < 4.78 is 23.3. The van der Waals surface area contributed by atoms with Crippen LogP contribution in [0.4, 0.5) is 0 Å². The fourth-order valence-corrected chi connectivity index (χ4v) is 3.49. The molecule has 1 rings (SSSR count). The molecule has 0 fully saturated rings. The minimum Gasteiger partial charge on any atom is -0.356 e. The Balaban J connectivity index is 0.00000576. The molecule has 0 aliphatic heterocycles. The van der Waals surface area contributed by atoms with Gasteiger partial charge < -0.3 is 10.6 Å². The number of sulfone groups is 1. The first-order valence-electron chi connectivity index (χ1n) is 8.48. The summed E-state index contributed by atoms with van der Waals surface area (Å²) in [5.41, 5.74) is 1.80. The number of aliphatic imine (C=N–C) groups is 1. The summed E-state index contributed by atoms with van der Waals surface area (Å²) in [5, 5.41) is 6.57. The Bertz CT molecular complexity index is 658. The highest BCUT2D eigenvalue weighted by Gasteiger charge is 2.10. The zero-order valence-corrected chi connectivity index (χ0v) is 19.1. The van der Waals surface area contributed by atoms with Crippen LogP contribution in [-0.2, 0) is 16.4 Å². The molecular formula is C18H32IN3O2S. The normalized spacial score (nSPS) is 12.0. The molecule has 0 bridgehead atoms. The van der Waals surface area contributed by atoms with Gasteiger partial charge in [-0.3, -0.25) is 4.99 Å². The molecule has 5 nitrogen and oxygen atoms in total. The van der Waals surface area contributed by atoms with Gasteiger partial charge in [-0.15, -0.1) is 24.0 Å². The SMILES string of the molecule is CN=C(NCCCCC(C)C)NCc1ccc(S(C)(=O)=O)c(C)c1.I. The Labute approximate surface area is 170 Å². The van der Waals surface area contributed by atoms with Crippen molar-refractivity contribution in [2.24, 2.45) is 10.9 Å². The lowest BCUT2D eigenvalue weighted by atomic mass is 10.1. The molecule has 0 atom stereocenters. The van der Waals surface area contributed by atoms with E-state index in [0.29, 0.717) is 11.4 Å². The van der Waals surface area contributed by atoms with Crippen molar-refractivity contribution in [2.75, 3.05) is 19.8 Å². The average molecular weight is 481 g/mol.